The van der Waals surface area contributed by atoms with Crippen molar-refractivity contribution in [3.05, 3.63) is 60.8 Å². The van der Waals surface area contributed by atoms with Crippen molar-refractivity contribution in [2.75, 3.05) is 13.6 Å². The topological polar surface area (TPSA) is 15.3 Å². The Labute approximate surface area is 162 Å². The zero-order chi connectivity index (χ0) is 19.6. The van der Waals surface area contributed by atoms with Crippen LogP contribution in [0, 0.1) is 5.41 Å². The van der Waals surface area contributed by atoms with Crippen molar-refractivity contribution < 1.29 is 0 Å². The van der Waals surface area contributed by atoms with E-state index < -0.39 is 0 Å². The molecule has 0 aliphatic heterocycles. The molecule has 1 N–H and O–H groups in total. The largest absolute Gasteiger partial charge is 0.366 e. The Morgan fingerprint density at radius 2 is 1.77 bits per heavy atom. The molecule has 146 valence electrons. The highest BCUT2D eigenvalue weighted by atomic mass is 15.2. The van der Waals surface area contributed by atoms with E-state index in [0.717, 1.165) is 32.4 Å². The molecule has 0 bridgehead atoms. The first kappa shape index (κ1) is 22.5. The first-order chi connectivity index (χ1) is 12.3. The summed E-state index contributed by atoms with van der Waals surface area (Å²) in [5.74, 6) is 0. The molecule has 1 aromatic rings. The molecule has 26 heavy (non-hydrogen) atoms. The number of hydrogen-bond donors (Lipinski definition) is 1. The van der Waals surface area contributed by atoms with Gasteiger partial charge in [0.05, 0.1) is 5.54 Å². The van der Waals surface area contributed by atoms with Crippen molar-refractivity contribution in [2.24, 2.45) is 5.41 Å². The van der Waals surface area contributed by atoms with Gasteiger partial charge >= 0.3 is 0 Å². The lowest BCUT2D eigenvalue weighted by atomic mass is 9.77. The Morgan fingerprint density at radius 1 is 1.12 bits per heavy atom. The zero-order valence-electron chi connectivity index (χ0n) is 17.8. The van der Waals surface area contributed by atoms with Crippen molar-refractivity contribution in [1.29, 1.82) is 0 Å². The van der Waals surface area contributed by atoms with E-state index in [4.69, 9.17) is 0 Å². The maximum Gasteiger partial charge on any atom is 0.0577 e. The monoisotopic (exact) mass is 356 g/mol. The summed E-state index contributed by atoms with van der Waals surface area (Å²) >= 11 is 0. The molecular weight excluding hydrogens is 316 g/mol. The van der Waals surface area contributed by atoms with Crippen molar-refractivity contribution in [2.45, 2.75) is 71.9 Å². The third-order valence-electron chi connectivity index (χ3n) is 5.84. The van der Waals surface area contributed by atoms with Gasteiger partial charge < -0.3 is 10.2 Å². The number of rotatable bonds is 13. The van der Waals surface area contributed by atoms with Gasteiger partial charge in [-0.15, -0.1) is 6.58 Å². The smallest absolute Gasteiger partial charge is 0.0577 e. The minimum Gasteiger partial charge on any atom is -0.366 e. The highest BCUT2D eigenvalue weighted by Crippen LogP contribution is 2.36. The Kier molecular flexibility index (Phi) is 9.15. The van der Waals surface area contributed by atoms with Crippen LogP contribution in [0.2, 0.25) is 0 Å². The van der Waals surface area contributed by atoms with Crippen LogP contribution in [0.15, 0.2) is 55.3 Å². The van der Waals surface area contributed by atoms with E-state index in [1.807, 2.05) is 6.08 Å². The molecule has 0 fully saturated rings. The van der Waals surface area contributed by atoms with Gasteiger partial charge in [0.15, 0.2) is 0 Å². The SMILES string of the molecule is C=CCN(Cc1ccccc1)C(=C)C(CCC)(CCC(C)(C)CC)NC. The van der Waals surface area contributed by atoms with Crippen LogP contribution < -0.4 is 5.32 Å². The summed E-state index contributed by atoms with van der Waals surface area (Å²) in [6, 6.07) is 10.6. The van der Waals surface area contributed by atoms with E-state index in [1.165, 1.54) is 24.1 Å². The first-order valence-electron chi connectivity index (χ1n) is 10.1. The second kappa shape index (κ2) is 10.6. The summed E-state index contributed by atoms with van der Waals surface area (Å²) in [6.45, 7) is 19.5. The molecule has 0 amide bonds. The van der Waals surface area contributed by atoms with Crippen molar-refractivity contribution in [3.8, 4) is 0 Å². The first-order valence-corrected chi connectivity index (χ1v) is 10.1. The van der Waals surface area contributed by atoms with E-state index in [0.29, 0.717) is 5.41 Å². The maximum atomic E-state index is 4.57. The predicted molar refractivity (Wildman–Crippen MR) is 116 cm³/mol. The lowest BCUT2D eigenvalue weighted by molar-refractivity contribution is 0.205. The molecule has 1 atom stereocenters. The van der Waals surface area contributed by atoms with Crippen LogP contribution in [0.5, 0.6) is 0 Å². The van der Waals surface area contributed by atoms with E-state index in [9.17, 15) is 0 Å². The lowest BCUT2D eigenvalue weighted by Crippen LogP contribution is -2.50. The molecule has 2 nitrogen and oxygen atoms in total. The van der Waals surface area contributed by atoms with Gasteiger partial charge in [0, 0.05) is 18.8 Å². The number of likely N-dealkylation sites (N-methyl/N-ethyl adjacent to an activating group) is 1. The fourth-order valence-corrected chi connectivity index (χ4v) is 3.50. The average molecular weight is 357 g/mol. The summed E-state index contributed by atoms with van der Waals surface area (Å²) in [7, 11) is 2.09. The summed E-state index contributed by atoms with van der Waals surface area (Å²) < 4.78 is 0. The van der Waals surface area contributed by atoms with Gasteiger partial charge in [0.2, 0.25) is 0 Å². The van der Waals surface area contributed by atoms with Crippen LogP contribution in [-0.4, -0.2) is 24.0 Å². The lowest BCUT2D eigenvalue weighted by Gasteiger charge is -2.43. The van der Waals surface area contributed by atoms with Gasteiger partial charge in [-0.3, -0.25) is 0 Å². The second-order valence-electron chi connectivity index (χ2n) is 8.20. The van der Waals surface area contributed by atoms with Crippen molar-refractivity contribution in [3.63, 3.8) is 0 Å². The maximum absolute atomic E-state index is 4.57. The van der Waals surface area contributed by atoms with E-state index >= 15 is 0 Å². The van der Waals surface area contributed by atoms with E-state index in [2.05, 4.69) is 88.4 Å². The minimum absolute atomic E-state index is 0.0566. The third kappa shape index (κ3) is 6.32. The van der Waals surface area contributed by atoms with Crippen LogP contribution in [-0.2, 0) is 6.54 Å². The Bertz CT molecular complexity index is 547. The van der Waals surface area contributed by atoms with Crippen LogP contribution in [0.1, 0.15) is 65.4 Å². The molecular formula is C24H40N2. The Hall–Kier alpha value is -1.54. The molecule has 1 aromatic carbocycles. The van der Waals surface area contributed by atoms with Gasteiger partial charge in [-0.2, -0.15) is 0 Å². The summed E-state index contributed by atoms with van der Waals surface area (Å²) in [5.41, 5.74) is 2.81. The van der Waals surface area contributed by atoms with Crippen molar-refractivity contribution in [1.82, 2.24) is 10.2 Å². The number of benzene rings is 1. The van der Waals surface area contributed by atoms with Crippen LogP contribution >= 0.6 is 0 Å². The van der Waals surface area contributed by atoms with Gasteiger partial charge in [-0.1, -0.05) is 83.5 Å². The van der Waals surface area contributed by atoms with Gasteiger partial charge in [-0.05, 0) is 37.3 Å². The molecule has 0 aliphatic rings. The zero-order valence-corrected chi connectivity index (χ0v) is 17.8. The van der Waals surface area contributed by atoms with Crippen LogP contribution in [0.3, 0.4) is 0 Å². The summed E-state index contributed by atoms with van der Waals surface area (Å²) in [5, 5.41) is 3.66. The third-order valence-corrected chi connectivity index (χ3v) is 5.84. The van der Waals surface area contributed by atoms with E-state index in [-0.39, 0.29) is 5.54 Å². The van der Waals surface area contributed by atoms with Gasteiger partial charge in [0.1, 0.15) is 0 Å². The number of nitrogens with one attached hydrogen (secondary N) is 1. The molecule has 0 saturated carbocycles. The molecule has 0 heterocycles. The molecule has 0 saturated heterocycles. The fourth-order valence-electron chi connectivity index (χ4n) is 3.50. The number of nitrogens with zero attached hydrogens (tertiary/aromatic N) is 1. The highest BCUT2D eigenvalue weighted by Gasteiger charge is 2.35. The van der Waals surface area contributed by atoms with Gasteiger partial charge in [-0.25, -0.2) is 0 Å². The summed E-state index contributed by atoms with van der Waals surface area (Å²) in [6.07, 6.45) is 7.72. The fraction of sp³-hybridized carbons (Fsp3) is 0.583. The van der Waals surface area contributed by atoms with Crippen LogP contribution in [0.4, 0.5) is 0 Å². The molecule has 2 heteroatoms. The highest BCUT2D eigenvalue weighted by molar-refractivity contribution is 5.21. The Balaban J connectivity index is 3.06. The van der Waals surface area contributed by atoms with E-state index in [1.54, 1.807) is 0 Å². The normalized spacial score (nSPS) is 13.9. The average Bonchev–Trinajstić information content (AvgIpc) is 2.65. The van der Waals surface area contributed by atoms with Gasteiger partial charge in [0.25, 0.3) is 0 Å². The van der Waals surface area contributed by atoms with Crippen molar-refractivity contribution >= 4 is 0 Å². The minimum atomic E-state index is -0.0566. The molecule has 1 unspecified atom stereocenters. The quantitative estimate of drug-likeness (QED) is 0.426. The predicted octanol–water partition coefficient (Wildman–Crippen LogP) is 6.16. The Morgan fingerprint density at radius 3 is 2.27 bits per heavy atom. The van der Waals surface area contributed by atoms with Crippen LogP contribution in [0.25, 0.3) is 0 Å². The number of hydrogen-bond acceptors (Lipinski definition) is 2. The molecule has 0 aromatic heterocycles. The summed E-state index contributed by atoms with van der Waals surface area (Å²) in [4.78, 5) is 2.38. The molecule has 0 radical (unpaired) electrons. The standard InChI is InChI=1S/C24H40N2/c1-8-16-24(25-7,18-17-23(5,6)10-3)21(4)26(19-9-2)20-22-14-12-11-13-15-22/h9,11-15,25H,2,4,8,10,16-20H2,1,3,5-7H3. The second-order valence-corrected chi connectivity index (χ2v) is 8.20. The molecule has 1 rings (SSSR count). The molecule has 0 spiro atoms. The molecule has 0 aliphatic carbocycles.